The van der Waals surface area contributed by atoms with E-state index in [1.807, 2.05) is 0 Å². The van der Waals surface area contributed by atoms with Gasteiger partial charge in [-0.2, -0.15) is 0 Å². The standard InChI is InChI=1S/C29H20N2O8/c1-37-22-10-6-20(7-11-22)30-27(32)25-14-5-19(16-26(25)28(30)33)29(34)38-17-18-3-2-4-24(15-18)39-23-12-8-21(9-13-23)31(35)36/h2-16H,17H2,1H3. The quantitative estimate of drug-likeness (QED) is 0.127. The van der Waals surface area contributed by atoms with Crippen molar-refractivity contribution >= 4 is 29.2 Å². The molecule has 0 aliphatic carbocycles. The number of imide groups is 1. The lowest BCUT2D eigenvalue weighted by Crippen LogP contribution is -2.29. The van der Waals surface area contributed by atoms with Crippen LogP contribution in [0.25, 0.3) is 0 Å². The highest BCUT2D eigenvalue weighted by Gasteiger charge is 2.37. The highest BCUT2D eigenvalue weighted by molar-refractivity contribution is 6.34. The van der Waals surface area contributed by atoms with Crippen LogP contribution in [0.3, 0.4) is 0 Å². The average molecular weight is 524 g/mol. The number of esters is 1. The summed E-state index contributed by atoms with van der Waals surface area (Å²) in [6.07, 6.45) is 0. The Morgan fingerprint density at radius 3 is 2.21 bits per heavy atom. The second kappa shape index (κ2) is 10.5. The number of nitro benzene ring substituents is 1. The van der Waals surface area contributed by atoms with Crippen molar-refractivity contribution < 1.29 is 33.5 Å². The lowest BCUT2D eigenvalue weighted by Gasteiger charge is -2.14. The number of fused-ring (bicyclic) bond motifs is 1. The Kier molecular flexibility index (Phi) is 6.75. The zero-order valence-electron chi connectivity index (χ0n) is 20.5. The predicted octanol–water partition coefficient (Wildman–Crippen LogP) is 5.55. The fourth-order valence-corrected chi connectivity index (χ4v) is 4.04. The minimum atomic E-state index is -0.664. The molecule has 0 spiro atoms. The molecule has 0 saturated carbocycles. The molecule has 10 heteroatoms. The molecule has 0 unspecified atom stereocenters. The van der Waals surface area contributed by atoms with Gasteiger partial charge in [0.1, 0.15) is 23.9 Å². The molecule has 0 saturated heterocycles. The van der Waals surface area contributed by atoms with Crippen LogP contribution in [0.2, 0.25) is 0 Å². The van der Waals surface area contributed by atoms with E-state index < -0.39 is 22.7 Å². The van der Waals surface area contributed by atoms with Crippen LogP contribution in [0.5, 0.6) is 17.2 Å². The van der Waals surface area contributed by atoms with Crippen LogP contribution in [-0.4, -0.2) is 29.8 Å². The van der Waals surface area contributed by atoms with Gasteiger partial charge in [0, 0.05) is 12.1 Å². The normalized spacial score (nSPS) is 12.2. The highest BCUT2D eigenvalue weighted by atomic mass is 16.6. The third kappa shape index (κ3) is 5.16. The number of carbonyl (C=O) groups excluding carboxylic acids is 3. The molecule has 0 atom stereocenters. The van der Waals surface area contributed by atoms with E-state index in [-0.39, 0.29) is 29.0 Å². The van der Waals surface area contributed by atoms with Gasteiger partial charge >= 0.3 is 5.97 Å². The first-order valence-corrected chi connectivity index (χ1v) is 11.7. The Morgan fingerprint density at radius 2 is 1.51 bits per heavy atom. The van der Waals surface area contributed by atoms with Crippen LogP contribution < -0.4 is 14.4 Å². The molecule has 5 rings (SSSR count). The Balaban J connectivity index is 1.25. The first kappa shape index (κ1) is 25.2. The number of methoxy groups -OCH3 is 1. The maximum Gasteiger partial charge on any atom is 0.338 e. The molecule has 10 nitrogen and oxygen atoms in total. The maximum atomic E-state index is 13.0. The molecule has 4 aromatic carbocycles. The summed E-state index contributed by atoms with van der Waals surface area (Å²) in [5, 5.41) is 10.8. The monoisotopic (exact) mass is 524 g/mol. The van der Waals surface area contributed by atoms with E-state index in [0.29, 0.717) is 28.5 Å². The van der Waals surface area contributed by atoms with Crippen molar-refractivity contribution in [2.24, 2.45) is 0 Å². The number of anilines is 1. The van der Waals surface area contributed by atoms with E-state index in [4.69, 9.17) is 14.2 Å². The van der Waals surface area contributed by atoms with E-state index in [1.165, 1.54) is 49.6 Å². The molecule has 39 heavy (non-hydrogen) atoms. The number of nitrogens with zero attached hydrogens (tertiary/aromatic N) is 2. The topological polar surface area (TPSA) is 125 Å². The van der Waals surface area contributed by atoms with Crippen LogP contribution in [0.4, 0.5) is 11.4 Å². The molecule has 1 aliphatic heterocycles. The Labute approximate surface area is 222 Å². The van der Waals surface area contributed by atoms with Gasteiger partial charge in [0.2, 0.25) is 0 Å². The number of amides is 2. The van der Waals surface area contributed by atoms with Gasteiger partial charge in [0.25, 0.3) is 17.5 Å². The number of carbonyl (C=O) groups is 3. The van der Waals surface area contributed by atoms with Crippen molar-refractivity contribution in [1.82, 2.24) is 0 Å². The Morgan fingerprint density at radius 1 is 0.821 bits per heavy atom. The third-order valence-electron chi connectivity index (χ3n) is 6.00. The number of rotatable bonds is 8. The van der Waals surface area contributed by atoms with Crippen LogP contribution in [0.1, 0.15) is 36.6 Å². The van der Waals surface area contributed by atoms with E-state index in [9.17, 15) is 24.5 Å². The van der Waals surface area contributed by atoms with Gasteiger partial charge in [-0.25, -0.2) is 9.69 Å². The van der Waals surface area contributed by atoms with Crippen molar-refractivity contribution in [2.45, 2.75) is 6.61 Å². The number of non-ortho nitro benzene ring substituents is 1. The van der Waals surface area contributed by atoms with E-state index in [1.54, 1.807) is 48.5 Å². The molecule has 194 valence electrons. The van der Waals surface area contributed by atoms with Crippen molar-refractivity contribution in [2.75, 3.05) is 12.0 Å². The fraction of sp³-hybridized carbons (Fsp3) is 0.0690. The van der Waals surface area contributed by atoms with Gasteiger partial charge in [-0.3, -0.25) is 19.7 Å². The summed E-state index contributed by atoms with van der Waals surface area (Å²) in [5.41, 5.74) is 1.42. The van der Waals surface area contributed by atoms with Crippen molar-refractivity contribution in [3.8, 4) is 17.2 Å². The molecule has 0 bridgehead atoms. The first-order chi connectivity index (χ1) is 18.8. The van der Waals surface area contributed by atoms with Gasteiger partial charge in [0.05, 0.1) is 34.4 Å². The average Bonchev–Trinajstić information content (AvgIpc) is 3.21. The summed E-state index contributed by atoms with van der Waals surface area (Å²) in [5.74, 6) is -0.226. The van der Waals surface area contributed by atoms with Crippen LogP contribution in [0, 0.1) is 10.1 Å². The Hall–Kier alpha value is -5.51. The lowest BCUT2D eigenvalue weighted by molar-refractivity contribution is -0.384. The minimum absolute atomic E-state index is 0.0472. The molecule has 0 aromatic heterocycles. The molecule has 0 N–H and O–H groups in total. The number of hydrogen-bond donors (Lipinski definition) is 0. The molecule has 2 amide bonds. The molecule has 4 aromatic rings. The van der Waals surface area contributed by atoms with Crippen molar-refractivity contribution in [1.29, 1.82) is 0 Å². The third-order valence-corrected chi connectivity index (χ3v) is 6.00. The highest BCUT2D eigenvalue weighted by Crippen LogP contribution is 2.30. The van der Waals surface area contributed by atoms with Crippen LogP contribution >= 0.6 is 0 Å². The minimum Gasteiger partial charge on any atom is -0.497 e. The van der Waals surface area contributed by atoms with Gasteiger partial charge in [0.15, 0.2) is 0 Å². The fourth-order valence-electron chi connectivity index (χ4n) is 4.04. The number of hydrogen-bond acceptors (Lipinski definition) is 8. The second-order valence-electron chi connectivity index (χ2n) is 8.48. The lowest BCUT2D eigenvalue weighted by atomic mass is 10.1. The van der Waals surface area contributed by atoms with Crippen LogP contribution in [0.15, 0.2) is 91.0 Å². The SMILES string of the molecule is COc1ccc(N2C(=O)c3ccc(C(=O)OCc4cccc(Oc5ccc([N+](=O)[O-])cc5)c4)cc3C2=O)cc1. The van der Waals surface area contributed by atoms with E-state index in [2.05, 4.69) is 0 Å². The molecular weight excluding hydrogens is 504 g/mol. The summed E-state index contributed by atoms with van der Waals surface area (Å²) in [6.45, 7) is -0.0712. The molecular formula is C29H20N2O8. The van der Waals surface area contributed by atoms with E-state index in [0.717, 1.165) is 4.90 Å². The summed E-state index contributed by atoms with van der Waals surface area (Å²) in [4.78, 5) is 50.0. The number of nitro groups is 1. The zero-order valence-corrected chi connectivity index (χ0v) is 20.5. The first-order valence-electron chi connectivity index (χ1n) is 11.7. The molecule has 1 aliphatic rings. The number of ether oxygens (including phenoxy) is 3. The van der Waals surface area contributed by atoms with Gasteiger partial charge in [-0.1, -0.05) is 12.1 Å². The van der Waals surface area contributed by atoms with Crippen molar-refractivity contribution in [3.05, 3.63) is 123 Å². The summed E-state index contributed by atoms with van der Waals surface area (Å²) >= 11 is 0. The number of benzene rings is 4. The molecule has 0 fully saturated rings. The predicted molar refractivity (Wildman–Crippen MR) is 139 cm³/mol. The zero-order chi connectivity index (χ0) is 27.5. The molecule has 1 heterocycles. The Bertz CT molecular complexity index is 1600. The smallest absolute Gasteiger partial charge is 0.338 e. The second-order valence-corrected chi connectivity index (χ2v) is 8.48. The summed E-state index contributed by atoms with van der Waals surface area (Å²) < 4.78 is 16.3. The summed E-state index contributed by atoms with van der Waals surface area (Å²) in [7, 11) is 1.52. The van der Waals surface area contributed by atoms with Gasteiger partial charge in [-0.15, -0.1) is 0 Å². The maximum absolute atomic E-state index is 13.0. The molecule has 0 radical (unpaired) electrons. The van der Waals surface area contributed by atoms with Crippen LogP contribution in [-0.2, 0) is 11.3 Å². The largest absolute Gasteiger partial charge is 0.497 e. The van der Waals surface area contributed by atoms with Gasteiger partial charge in [-0.05, 0) is 72.3 Å². The van der Waals surface area contributed by atoms with Gasteiger partial charge < -0.3 is 14.2 Å². The van der Waals surface area contributed by atoms with E-state index >= 15 is 0 Å². The van der Waals surface area contributed by atoms with Crippen molar-refractivity contribution in [3.63, 3.8) is 0 Å². The summed E-state index contributed by atoms with van der Waals surface area (Å²) in [6, 6.07) is 23.2.